The molecule has 3 nitrogen and oxygen atoms in total. The Balaban J connectivity index is 2.37. The molecule has 0 bridgehead atoms. The Labute approximate surface area is 96.0 Å². The summed E-state index contributed by atoms with van der Waals surface area (Å²) in [5.74, 6) is 0.0145. The molecule has 1 aromatic heterocycles. The minimum absolute atomic E-state index is 0.0145. The lowest BCUT2D eigenvalue weighted by Gasteiger charge is -2.10. The highest BCUT2D eigenvalue weighted by Gasteiger charge is 2.09. The summed E-state index contributed by atoms with van der Waals surface area (Å²) in [5, 5.41) is 5.74. The van der Waals surface area contributed by atoms with Gasteiger partial charge in [-0.15, -0.1) is 11.3 Å². The van der Waals surface area contributed by atoms with Crippen molar-refractivity contribution in [1.29, 1.82) is 0 Å². The highest BCUT2D eigenvalue weighted by molar-refractivity contribution is 9.11. The second kappa shape index (κ2) is 5.48. The fourth-order valence-corrected chi connectivity index (χ4v) is 2.44. The van der Waals surface area contributed by atoms with Crippen LogP contribution in [0, 0.1) is 0 Å². The molecular weight excluding hydrogens is 264 g/mol. The highest BCUT2D eigenvalue weighted by Crippen LogP contribution is 2.21. The minimum Gasteiger partial charge on any atom is -0.358 e. The third-order valence-corrected chi connectivity index (χ3v) is 3.47. The quantitative estimate of drug-likeness (QED) is 0.880. The van der Waals surface area contributed by atoms with E-state index in [2.05, 4.69) is 26.6 Å². The lowest BCUT2D eigenvalue weighted by atomic mass is 10.3. The maximum absolute atomic E-state index is 11.2. The summed E-state index contributed by atoms with van der Waals surface area (Å²) >= 11 is 5.06. The molecule has 0 fully saturated rings. The predicted octanol–water partition coefficient (Wildman–Crippen LogP) is 1.73. The lowest BCUT2D eigenvalue weighted by Crippen LogP contribution is -2.40. The van der Waals surface area contributed by atoms with E-state index < -0.39 is 0 Å². The molecule has 0 saturated carbocycles. The van der Waals surface area contributed by atoms with Crippen LogP contribution in [-0.4, -0.2) is 19.0 Å². The van der Waals surface area contributed by atoms with E-state index in [1.807, 2.05) is 19.1 Å². The van der Waals surface area contributed by atoms with Gasteiger partial charge >= 0.3 is 0 Å². The standard InChI is InChI=1S/C9H13BrN2OS/c1-6(9(13)11-2)12-5-7-3-4-8(10)14-7/h3-4,6,12H,5H2,1-2H3,(H,11,13)/t6-/m1/s1. The van der Waals surface area contributed by atoms with Gasteiger partial charge in [0.2, 0.25) is 5.91 Å². The van der Waals surface area contributed by atoms with Crippen LogP contribution < -0.4 is 10.6 Å². The van der Waals surface area contributed by atoms with Gasteiger partial charge < -0.3 is 10.6 Å². The summed E-state index contributed by atoms with van der Waals surface area (Å²) in [4.78, 5) is 12.4. The molecule has 1 rings (SSSR count). The fraction of sp³-hybridized carbons (Fsp3) is 0.444. The van der Waals surface area contributed by atoms with Gasteiger partial charge in [0.05, 0.1) is 9.83 Å². The van der Waals surface area contributed by atoms with Gasteiger partial charge in [-0.05, 0) is 35.0 Å². The summed E-state index contributed by atoms with van der Waals surface area (Å²) in [6, 6.07) is 3.89. The molecule has 1 amide bonds. The van der Waals surface area contributed by atoms with Crippen LogP contribution in [0.2, 0.25) is 0 Å². The van der Waals surface area contributed by atoms with E-state index in [9.17, 15) is 4.79 Å². The van der Waals surface area contributed by atoms with Crippen LogP contribution in [0.3, 0.4) is 0 Å². The van der Waals surface area contributed by atoms with Crippen molar-refractivity contribution in [3.8, 4) is 0 Å². The molecule has 1 heterocycles. The molecule has 0 spiro atoms. The van der Waals surface area contributed by atoms with Crippen molar-refractivity contribution in [3.05, 3.63) is 20.8 Å². The average Bonchev–Trinajstić information content (AvgIpc) is 2.59. The number of rotatable bonds is 4. The van der Waals surface area contributed by atoms with Gasteiger partial charge in [-0.25, -0.2) is 0 Å². The van der Waals surface area contributed by atoms with Crippen LogP contribution in [0.15, 0.2) is 15.9 Å². The van der Waals surface area contributed by atoms with Crippen LogP contribution in [0.25, 0.3) is 0 Å². The molecule has 1 aromatic rings. The first-order valence-electron chi connectivity index (χ1n) is 4.32. The maximum Gasteiger partial charge on any atom is 0.236 e. The number of amides is 1. The fourth-order valence-electron chi connectivity index (χ4n) is 1.01. The molecule has 14 heavy (non-hydrogen) atoms. The molecule has 2 N–H and O–H groups in total. The van der Waals surface area contributed by atoms with Gasteiger partial charge in [-0.2, -0.15) is 0 Å². The molecule has 78 valence electrons. The van der Waals surface area contributed by atoms with E-state index in [1.54, 1.807) is 18.4 Å². The number of carbonyl (C=O) groups is 1. The van der Waals surface area contributed by atoms with Gasteiger partial charge in [-0.1, -0.05) is 0 Å². The van der Waals surface area contributed by atoms with Crippen LogP contribution in [0.5, 0.6) is 0 Å². The average molecular weight is 277 g/mol. The van der Waals surface area contributed by atoms with Crippen LogP contribution in [0.1, 0.15) is 11.8 Å². The molecule has 1 atom stereocenters. The largest absolute Gasteiger partial charge is 0.358 e. The second-order valence-electron chi connectivity index (χ2n) is 2.92. The Kier molecular flexibility index (Phi) is 4.57. The van der Waals surface area contributed by atoms with Crippen molar-refractivity contribution < 1.29 is 4.79 Å². The third kappa shape index (κ3) is 3.40. The number of nitrogens with one attached hydrogen (secondary N) is 2. The van der Waals surface area contributed by atoms with Gasteiger partial charge in [-0.3, -0.25) is 4.79 Å². The first-order valence-corrected chi connectivity index (χ1v) is 5.93. The summed E-state index contributed by atoms with van der Waals surface area (Å²) < 4.78 is 1.11. The molecule has 0 aliphatic rings. The van der Waals surface area contributed by atoms with Gasteiger partial charge in [0, 0.05) is 18.5 Å². The summed E-state index contributed by atoms with van der Waals surface area (Å²) in [5.41, 5.74) is 0. The molecule has 0 radical (unpaired) electrons. The topological polar surface area (TPSA) is 41.1 Å². The van der Waals surface area contributed by atoms with Crippen LogP contribution in [0.4, 0.5) is 0 Å². The SMILES string of the molecule is CNC(=O)[C@@H](C)NCc1ccc(Br)s1. The normalized spacial score (nSPS) is 12.5. The van der Waals surface area contributed by atoms with Gasteiger partial charge in [0.1, 0.15) is 0 Å². The molecule has 0 aliphatic carbocycles. The van der Waals surface area contributed by atoms with E-state index in [0.29, 0.717) is 0 Å². The second-order valence-corrected chi connectivity index (χ2v) is 5.47. The van der Waals surface area contributed by atoms with E-state index in [1.165, 1.54) is 4.88 Å². The first-order chi connectivity index (χ1) is 6.63. The maximum atomic E-state index is 11.2. The van der Waals surface area contributed by atoms with E-state index >= 15 is 0 Å². The van der Waals surface area contributed by atoms with Crippen molar-refractivity contribution in [2.45, 2.75) is 19.5 Å². The lowest BCUT2D eigenvalue weighted by molar-refractivity contribution is -0.122. The predicted molar refractivity (Wildman–Crippen MR) is 62.4 cm³/mol. The van der Waals surface area contributed by atoms with Gasteiger partial charge in [0.15, 0.2) is 0 Å². The number of halogens is 1. The summed E-state index contributed by atoms with van der Waals surface area (Å²) in [6.45, 7) is 2.58. The third-order valence-electron chi connectivity index (χ3n) is 1.85. The summed E-state index contributed by atoms with van der Waals surface area (Å²) in [6.07, 6.45) is 0. The Hall–Kier alpha value is -0.390. The molecular formula is C9H13BrN2OS. The zero-order valence-electron chi connectivity index (χ0n) is 8.13. The smallest absolute Gasteiger partial charge is 0.236 e. The number of hydrogen-bond donors (Lipinski definition) is 2. The monoisotopic (exact) mass is 276 g/mol. The molecule has 5 heteroatoms. The van der Waals surface area contributed by atoms with Crippen molar-refractivity contribution >= 4 is 33.2 Å². The van der Waals surface area contributed by atoms with Crippen LogP contribution in [-0.2, 0) is 11.3 Å². The molecule has 0 aromatic carbocycles. The summed E-state index contributed by atoms with van der Waals surface area (Å²) in [7, 11) is 1.64. The highest BCUT2D eigenvalue weighted by atomic mass is 79.9. The number of likely N-dealkylation sites (N-methyl/N-ethyl adjacent to an activating group) is 1. The van der Waals surface area contributed by atoms with Gasteiger partial charge in [0.25, 0.3) is 0 Å². The minimum atomic E-state index is -0.152. The number of carbonyl (C=O) groups excluding carboxylic acids is 1. The molecule has 0 saturated heterocycles. The van der Waals surface area contributed by atoms with E-state index in [-0.39, 0.29) is 11.9 Å². The molecule has 0 aliphatic heterocycles. The van der Waals surface area contributed by atoms with Crippen LogP contribution >= 0.6 is 27.3 Å². The first kappa shape index (κ1) is 11.7. The Morgan fingerprint density at radius 2 is 2.36 bits per heavy atom. The van der Waals surface area contributed by atoms with Crippen molar-refractivity contribution in [3.63, 3.8) is 0 Å². The Morgan fingerprint density at radius 3 is 2.86 bits per heavy atom. The zero-order chi connectivity index (χ0) is 10.6. The Morgan fingerprint density at radius 1 is 1.64 bits per heavy atom. The number of thiophene rings is 1. The van der Waals surface area contributed by atoms with E-state index in [0.717, 1.165) is 10.3 Å². The number of hydrogen-bond acceptors (Lipinski definition) is 3. The van der Waals surface area contributed by atoms with Crippen molar-refractivity contribution in [1.82, 2.24) is 10.6 Å². The zero-order valence-corrected chi connectivity index (χ0v) is 10.5. The van der Waals surface area contributed by atoms with E-state index in [4.69, 9.17) is 0 Å². The van der Waals surface area contributed by atoms with Crippen molar-refractivity contribution in [2.75, 3.05) is 7.05 Å². The van der Waals surface area contributed by atoms with Crippen molar-refractivity contribution in [2.24, 2.45) is 0 Å². The Bertz CT molecular complexity index is 314. The molecule has 0 unspecified atom stereocenters.